The SMILES string of the molecule is CC(=O)N1CC=C(C2CNc3ccc(F)cc32)CC1. The summed E-state index contributed by atoms with van der Waals surface area (Å²) in [6.07, 6.45) is 3.00. The second kappa shape index (κ2) is 4.68. The summed E-state index contributed by atoms with van der Waals surface area (Å²) in [5, 5.41) is 3.32. The maximum Gasteiger partial charge on any atom is 0.219 e. The highest BCUT2D eigenvalue weighted by atomic mass is 19.1. The Bertz CT molecular complexity index is 553. The Labute approximate surface area is 112 Å². The largest absolute Gasteiger partial charge is 0.384 e. The van der Waals surface area contributed by atoms with Crippen LogP contribution in [0.2, 0.25) is 0 Å². The zero-order chi connectivity index (χ0) is 13.4. The summed E-state index contributed by atoms with van der Waals surface area (Å²) in [4.78, 5) is 13.1. The number of anilines is 1. The minimum Gasteiger partial charge on any atom is -0.384 e. The quantitative estimate of drug-likeness (QED) is 0.787. The van der Waals surface area contributed by atoms with Crippen LogP contribution in [0.3, 0.4) is 0 Å². The van der Waals surface area contributed by atoms with E-state index < -0.39 is 0 Å². The predicted molar refractivity (Wildman–Crippen MR) is 72.6 cm³/mol. The van der Waals surface area contributed by atoms with Gasteiger partial charge in [-0.3, -0.25) is 4.79 Å². The van der Waals surface area contributed by atoms with E-state index in [2.05, 4.69) is 11.4 Å². The van der Waals surface area contributed by atoms with Crippen molar-refractivity contribution in [1.82, 2.24) is 4.90 Å². The number of nitrogens with zero attached hydrogens (tertiary/aromatic N) is 1. The fourth-order valence-corrected chi connectivity index (χ4v) is 2.92. The molecule has 1 aromatic rings. The number of hydrogen-bond acceptors (Lipinski definition) is 2. The normalized spacial score (nSPS) is 21.7. The van der Waals surface area contributed by atoms with Gasteiger partial charge in [0.1, 0.15) is 5.82 Å². The third-order valence-electron chi connectivity index (χ3n) is 4.02. The monoisotopic (exact) mass is 260 g/mol. The van der Waals surface area contributed by atoms with Crippen molar-refractivity contribution in [2.75, 3.05) is 25.0 Å². The second-order valence-corrected chi connectivity index (χ2v) is 5.16. The molecule has 1 unspecified atom stereocenters. The lowest BCUT2D eigenvalue weighted by Crippen LogP contribution is -2.33. The molecule has 3 nitrogen and oxygen atoms in total. The molecule has 0 fully saturated rings. The van der Waals surface area contributed by atoms with E-state index in [-0.39, 0.29) is 17.6 Å². The van der Waals surface area contributed by atoms with Crippen molar-refractivity contribution >= 4 is 11.6 Å². The summed E-state index contributed by atoms with van der Waals surface area (Å²) < 4.78 is 13.4. The van der Waals surface area contributed by atoms with Gasteiger partial charge < -0.3 is 10.2 Å². The highest BCUT2D eigenvalue weighted by molar-refractivity contribution is 5.73. The van der Waals surface area contributed by atoms with Gasteiger partial charge in [-0.2, -0.15) is 0 Å². The molecule has 0 saturated carbocycles. The predicted octanol–water partition coefficient (Wildman–Crippen LogP) is 2.51. The van der Waals surface area contributed by atoms with Crippen LogP contribution in [0.15, 0.2) is 29.8 Å². The van der Waals surface area contributed by atoms with E-state index in [0.29, 0.717) is 6.54 Å². The zero-order valence-corrected chi connectivity index (χ0v) is 10.9. The van der Waals surface area contributed by atoms with E-state index in [1.165, 1.54) is 11.6 Å². The molecule has 0 radical (unpaired) electrons. The Hall–Kier alpha value is -1.84. The number of carbonyl (C=O) groups is 1. The Morgan fingerprint density at radius 2 is 2.32 bits per heavy atom. The van der Waals surface area contributed by atoms with Gasteiger partial charge in [-0.1, -0.05) is 11.6 Å². The lowest BCUT2D eigenvalue weighted by molar-refractivity contribution is -0.128. The Morgan fingerprint density at radius 3 is 3.00 bits per heavy atom. The van der Waals surface area contributed by atoms with Crippen LogP contribution in [0.4, 0.5) is 10.1 Å². The molecule has 1 amide bonds. The van der Waals surface area contributed by atoms with Gasteiger partial charge in [0.2, 0.25) is 5.91 Å². The van der Waals surface area contributed by atoms with Crippen LogP contribution < -0.4 is 5.32 Å². The third kappa shape index (κ3) is 2.23. The molecule has 1 aromatic carbocycles. The van der Waals surface area contributed by atoms with Crippen molar-refractivity contribution in [2.45, 2.75) is 19.3 Å². The summed E-state index contributed by atoms with van der Waals surface area (Å²) in [7, 11) is 0. The van der Waals surface area contributed by atoms with Crippen LogP contribution >= 0.6 is 0 Å². The lowest BCUT2D eigenvalue weighted by atomic mass is 9.89. The summed E-state index contributed by atoms with van der Waals surface area (Å²) in [6, 6.07) is 4.91. The molecule has 1 N–H and O–H groups in total. The smallest absolute Gasteiger partial charge is 0.219 e. The molecule has 2 heterocycles. The molecule has 3 rings (SSSR count). The Morgan fingerprint density at radius 1 is 1.47 bits per heavy atom. The number of nitrogens with one attached hydrogen (secondary N) is 1. The average Bonchev–Trinajstić information content (AvgIpc) is 2.81. The van der Waals surface area contributed by atoms with Crippen LogP contribution in [-0.2, 0) is 4.79 Å². The first kappa shape index (κ1) is 12.2. The highest BCUT2D eigenvalue weighted by Gasteiger charge is 2.27. The summed E-state index contributed by atoms with van der Waals surface area (Å²) in [5.74, 6) is 0.181. The Balaban J connectivity index is 1.83. The molecule has 0 bridgehead atoms. The third-order valence-corrected chi connectivity index (χ3v) is 4.02. The van der Waals surface area contributed by atoms with Gasteiger partial charge in [0.15, 0.2) is 0 Å². The first-order valence-corrected chi connectivity index (χ1v) is 6.63. The number of halogens is 1. The van der Waals surface area contributed by atoms with Crippen molar-refractivity contribution in [2.24, 2.45) is 0 Å². The van der Waals surface area contributed by atoms with Gasteiger partial charge in [0, 0.05) is 38.2 Å². The molecular weight excluding hydrogens is 243 g/mol. The molecular formula is C15H17FN2O. The number of benzene rings is 1. The number of hydrogen-bond donors (Lipinski definition) is 1. The van der Waals surface area contributed by atoms with Crippen LogP contribution in [-0.4, -0.2) is 30.4 Å². The molecule has 1 atom stereocenters. The molecule has 2 aliphatic rings. The second-order valence-electron chi connectivity index (χ2n) is 5.16. The van der Waals surface area contributed by atoms with Crippen molar-refractivity contribution in [3.8, 4) is 0 Å². The number of carbonyl (C=O) groups excluding carboxylic acids is 1. The fourth-order valence-electron chi connectivity index (χ4n) is 2.92. The first-order valence-electron chi connectivity index (χ1n) is 6.63. The van der Waals surface area contributed by atoms with Gasteiger partial charge >= 0.3 is 0 Å². The van der Waals surface area contributed by atoms with Gasteiger partial charge in [0.05, 0.1) is 0 Å². The fraction of sp³-hybridized carbons (Fsp3) is 0.400. The topological polar surface area (TPSA) is 32.3 Å². The average molecular weight is 260 g/mol. The standard InChI is InChI=1S/C15H17FN2O/c1-10(19)18-6-4-11(5-7-18)14-9-17-15-3-2-12(16)8-13(14)15/h2-4,8,14,17H,5-7,9H2,1H3. The van der Waals surface area contributed by atoms with E-state index in [0.717, 1.165) is 30.8 Å². The van der Waals surface area contributed by atoms with E-state index in [1.807, 2.05) is 4.90 Å². The lowest BCUT2D eigenvalue weighted by Gasteiger charge is -2.27. The van der Waals surface area contributed by atoms with Gasteiger partial charge in [-0.15, -0.1) is 0 Å². The van der Waals surface area contributed by atoms with E-state index in [9.17, 15) is 9.18 Å². The number of fused-ring (bicyclic) bond motifs is 1. The summed E-state index contributed by atoms with van der Waals surface area (Å²) in [6.45, 7) is 3.86. The summed E-state index contributed by atoms with van der Waals surface area (Å²) >= 11 is 0. The molecule has 4 heteroatoms. The number of rotatable bonds is 1. The molecule has 0 saturated heterocycles. The van der Waals surface area contributed by atoms with Crippen molar-refractivity contribution in [3.05, 3.63) is 41.2 Å². The van der Waals surface area contributed by atoms with Crippen LogP contribution in [0.1, 0.15) is 24.8 Å². The van der Waals surface area contributed by atoms with Gasteiger partial charge in [0.25, 0.3) is 0 Å². The first-order chi connectivity index (χ1) is 9.15. The maximum atomic E-state index is 13.4. The number of amides is 1. The van der Waals surface area contributed by atoms with Crippen LogP contribution in [0.5, 0.6) is 0 Å². The zero-order valence-electron chi connectivity index (χ0n) is 10.9. The molecule has 2 aliphatic heterocycles. The van der Waals surface area contributed by atoms with Gasteiger partial charge in [-0.05, 0) is 30.2 Å². The molecule has 19 heavy (non-hydrogen) atoms. The molecule has 0 aromatic heterocycles. The van der Waals surface area contributed by atoms with E-state index in [4.69, 9.17) is 0 Å². The van der Waals surface area contributed by atoms with Crippen molar-refractivity contribution in [1.29, 1.82) is 0 Å². The minimum atomic E-state index is -0.186. The molecule has 100 valence electrons. The van der Waals surface area contributed by atoms with Crippen molar-refractivity contribution in [3.63, 3.8) is 0 Å². The minimum absolute atomic E-state index is 0.117. The van der Waals surface area contributed by atoms with E-state index in [1.54, 1.807) is 19.1 Å². The van der Waals surface area contributed by atoms with Crippen LogP contribution in [0, 0.1) is 5.82 Å². The molecule has 0 spiro atoms. The summed E-state index contributed by atoms with van der Waals surface area (Å²) in [5.41, 5.74) is 3.39. The molecule has 0 aliphatic carbocycles. The van der Waals surface area contributed by atoms with Crippen molar-refractivity contribution < 1.29 is 9.18 Å². The Kier molecular flexibility index (Phi) is 3.01. The van der Waals surface area contributed by atoms with E-state index >= 15 is 0 Å². The highest BCUT2D eigenvalue weighted by Crippen LogP contribution is 2.38. The maximum absolute atomic E-state index is 13.4. The van der Waals surface area contributed by atoms with Gasteiger partial charge in [-0.25, -0.2) is 4.39 Å². The van der Waals surface area contributed by atoms with Crippen LogP contribution in [0.25, 0.3) is 0 Å².